The number of carbonyl (C=O) groups is 2. The van der Waals surface area contributed by atoms with Crippen LogP contribution in [0.1, 0.15) is 12.5 Å². The van der Waals surface area contributed by atoms with Crippen LogP contribution in [0.2, 0.25) is 10.0 Å². The fraction of sp³-hybridized carbons (Fsp3) is 0.167. The van der Waals surface area contributed by atoms with Gasteiger partial charge in [0.15, 0.2) is 0 Å². The lowest BCUT2D eigenvalue weighted by Crippen LogP contribution is -2.14. The van der Waals surface area contributed by atoms with E-state index in [1.807, 2.05) is 0 Å². The van der Waals surface area contributed by atoms with Gasteiger partial charge in [-0.1, -0.05) is 35.3 Å². The summed E-state index contributed by atoms with van der Waals surface area (Å²) in [6.07, 6.45) is 2.61. The van der Waals surface area contributed by atoms with Gasteiger partial charge in [0, 0.05) is 0 Å². The molecule has 0 unspecified atom stereocenters. The fourth-order valence-electron chi connectivity index (χ4n) is 1.06. The van der Waals surface area contributed by atoms with Crippen LogP contribution in [0.3, 0.4) is 0 Å². The van der Waals surface area contributed by atoms with E-state index < -0.39 is 11.8 Å². The van der Waals surface area contributed by atoms with E-state index in [-0.39, 0.29) is 6.61 Å². The Morgan fingerprint density at radius 1 is 1.29 bits per heavy atom. The largest absolute Gasteiger partial charge is 0.460 e. The molecular formula is C12H10Cl2O3. The monoisotopic (exact) mass is 272 g/mol. The first-order valence-corrected chi connectivity index (χ1v) is 5.64. The van der Waals surface area contributed by atoms with Crippen molar-refractivity contribution in [2.75, 3.05) is 6.61 Å². The second-order valence-corrected chi connectivity index (χ2v) is 3.91. The molecular weight excluding hydrogens is 263 g/mol. The first kappa shape index (κ1) is 13.7. The van der Waals surface area contributed by atoms with E-state index in [0.29, 0.717) is 15.6 Å². The molecule has 0 saturated heterocycles. The van der Waals surface area contributed by atoms with Gasteiger partial charge in [0.2, 0.25) is 0 Å². The molecule has 1 rings (SSSR count). The van der Waals surface area contributed by atoms with Crippen LogP contribution >= 0.6 is 23.2 Å². The molecule has 0 aliphatic rings. The Hall–Kier alpha value is -1.32. The topological polar surface area (TPSA) is 43.4 Å². The van der Waals surface area contributed by atoms with Gasteiger partial charge in [0.1, 0.15) is 0 Å². The van der Waals surface area contributed by atoms with E-state index in [4.69, 9.17) is 23.2 Å². The quantitative estimate of drug-likeness (QED) is 0.481. The third kappa shape index (κ3) is 4.21. The highest BCUT2D eigenvalue weighted by molar-refractivity contribution is 6.42. The molecule has 0 aliphatic carbocycles. The normalized spacial score (nSPS) is 10.5. The van der Waals surface area contributed by atoms with Crippen LogP contribution in [0.4, 0.5) is 0 Å². The molecule has 0 fully saturated rings. The fourth-order valence-corrected chi connectivity index (χ4v) is 1.36. The van der Waals surface area contributed by atoms with Gasteiger partial charge in [-0.2, -0.15) is 0 Å². The number of hydrogen-bond donors (Lipinski definition) is 0. The maximum Gasteiger partial charge on any atom is 0.379 e. The van der Waals surface area contributed by atoms with Crippen LogP contribution in [0.25, 0.3) is 6.08 Å². The van der Waals surface area contributed by atoms with E-state index >= 15 is 0 Å². The average molecular weight is 273 g/mol. The zero-order valence-corrected chi connectivity index (χ0v) is 10.6. The summed E-state index contributed by atoms with van der Waals surface area (Å²) < 4.78 is 4.55. The Kier molecular flexibility index (Phi) is 5.19. The van der Waals surface area contributed by atoms with Crippen LogP contribution in [-0.2, 0) is 14.3 Å². The van der Waals surface area contributed by atoms with Crippen molar-refractivity contribution in [3.8, 4) is 0 Å². The molecule has 0 spiro atoms. The van der Waals surface area contributed by atoms with Crippen molar-refractivity contribution in [3.63, 3.8) is 0 Å². The Labute approximate surface area is 109 Å². The summed E-state index contributed by atoms with van der Waals surface area (Å²) in [4.78, 5) is 22.3. The molecule has 1 aromatic rings. The van der Waals surface area contributed by atoms with Crippen molar-refractivity contribution in [1.82, 2.24) is 0 Å². The molecule has 0 N–H and O–H groups in total. The van der Waals surface area contributed by atoms with Gasteiger partial charge in [0.05, 0.1) is 16.7 Å². The maximum atomic E-state index is 11.2. The van der Waals surface area contributed by atoms with Crippen molar-refractivity contribution in [1.29, 1.82) is 0 Å². The van der Waals surface area contributed by atoms with Crippen molar-refractivity contribution < 1.29 is 14.3 Å². The number of ether oxygens (including phenoxy) is 1. The first-order valence-electron chi connectivity index (χ1n) is 4.88. The maximum absolute atomic E-state index is 11.2. The van der Waals surface area contributed by atoms with E-state index in [2.05, 4.69) is 4.74 Å². The second-order valence-electron chi connectivity index (χ2n) is 3.09. The van der Waals surface area contributed by atoms with Crippen LogP contribution in [0.5, 0.6) is 0 Å². The standard InChI is InChI=1S/C12H10Cl2O3/c1-2-17-12(16)11(15)6-4-8-3-5-9(13)10(14)7-8/h3-7H,2H2,1H3/b6-4+. The van der Waals surface area contributed by atoms with Crippen molar-refractivity contribution in [2.45, 2.75) is 6.92 Å². The Morgan fingerprint density at radius 2 is 2.00 bits per heavy atom. The zero-order chi connectivity index (χ0) is 12.8. The van der Waals surface area contributed by atoms with Gasteiger partial charge in [-0.3, -0.25) is 4.79 Å². The molecule has 5 heteroatoms. The molecule has 1 aromatic carbocycles. The third-order valence-electron chi connectivity index (χ3n) is 1.85. The summed E-state index contributed by atoms with van der Waals surface area (Å²) in [6, 6.07) is 4.89. The summed E-state index contributed by atoms with van der Waals surface area (Å²) in [5, 5.41) is 0.818. The van der Waals surface area contributed by atoms with Gasteiger partial charge in [-0.25, -0.2) is 4.79 Å². The number of carbonyl (C=O) groups excluding carboxylic acids is 2. The van der Waals surface area contributed by atoms with Crippen molar-refractivity contribution in [3.05, 3.63) is 39.9 Å². The summed E-state index contributed by atoms with van der Waals surface area (Å²) in [5.41, 5.74) is 0.678. The smallest absolute Gasteiger partial charge is 0.379 e. The minimum Gasteiger partial charge on any atom is -0.460 e. The van der Waals surface area contributed by atoms with E-state index in [1.54, 1.807) is 25.1 Å². The summed E-state index contributed by atoms with van der Waals surface area (Å²) in [7, 11) is 0. The number of esters is 1. The molecule has 3 nitrogen and oxygen atoms in total. The van der Waals surface area contributed by atoms with E-state index in [9.17, 15) is 9.59 Å². The Balaban J connectivity index is 2.73. The predicted molar refractivity (Wildman–Crippen MR) is 67.1 cm³/mol. The number of rotatable bonds is 4. The summed E-state index contributed by atoms with van der Waals surface area (Å²) >= 11 is 11.5. The lowest BCUT2D eigenvalue weighted by Gasteiger charge is -1.98. The van der Waals surface area contributed by atoms with Gasteiger partial charge in [0.25, 0.3) is 5.78 Å². The number of ketones is 1. The highest BCUT2D eigenvalue weighted by Gasteiger charge is 2.10. The van der Waals surface area contributed by atoms with Gasteiger partial charge < -0.3 is 4.74 Å². The van der Waals surface area contributed by atoms with Gasteiger partial charge >= 0.3 is 5.97 Å². The van der Waals surface area contributed by atoms with Gasteiger partial charge in [-0.15, -0.1) is 0 Å². The van der Waals surface area contributed by atoms with Crippen LogP contribution in [0, 0.1) is 0 Å². The van der Waals surface area contributed by atoms with Crippen molar-refractivity contribution >= 4 is 41.0 Å². The van der Waals surface area contributed by atoms with Crippen LogP contribution in [-0.4, -0.2) is 18.4 Å². The molecule has 0 bridgehead atoms. The lowest BCUT2D eigenvalue weighted by molar-refractivity contribution is -0.151. The molecule has 0 aliphatic heterocycles. The van der Waals surface area contributed by atoms with Crippen LogP contribution in [0.15, 0.2) is 24.3 Å². The average Bonchev–Trinajstić information content (AvgIpc) is 2.30. The molecule has 0 heterocycles. The minimum atomic E-state index is -0.871. The number of halogens is 2. The Morgan fingerprint density at radius 3 is 2.59 bits per heavy atom. The summed E-state index contributed by atoms with van der Waals surface area (Å²) in [5.74, 6) is -1.58. The Bertz CT molecular complexity index is 467. The van der Waals surface area contributed by atoms with E-state index in [1.165, 1.54) is 6.08 Å². The van der Waals surface area contributed by atoms with Crippen molar-refractivity contribution in [2.24, 2.45) is 0 Å². The highest BCUT2D eigenvalue weighted by atomic mass is 35.5. The molecule has 0 atom stereocenters. The molecule has 0 saturated carbocycles. The van der Waals surface area contributed by atoms with E-state index in [0.717, 1.165) is 6.08 Å². The highest BCUT2D eigenvalue weighted by Crippen LogP contribution is 2.23. The molecule has 0 amide bonds. The third-order valence-corrected chi connectivity index (χ3v) is 2.59. The van der Waals surface area contributed by atoms with Gasteiger partial charge in [-0.05, 0) is 30.7 Å². The molecule has 17 heavy (non-hydrogen) atoms. The second kappa shape index (κ2) is 6.42. The molecule has 0 aromatic heterocycles. The minimum absolute atomic E-state index is 0.172. The lowest BCUT2D eigenvalue weighted by atomic mass is 10.2. The molecule has 90 valence electrons. The predicted octanol–water partition coefficient (Wildman–Crippen LogP) is 3.14. The molecule has 0 radical (unpaired) electrons. The number of benzene rings is 1. The first-order chi connectivity index (χ1) is 8.04. The summed E-state index contributed by atoms with van der Waals surface area (Å²) in [6.45, 7) is 1.80. The zero-order valence-electron chi connectivity index (χ0n) is 9.07. The number of hydrogen-bond acceptors (Lipinski definition) is 3. The van der Waals surface area contributed by atoms with Crippen LogP contribution < -0.4 is 0 Å². The SMILES string of the molecule is CCOC(=O)C(=O)/C=C/c1ccc(Cl)c(Cl)c1.